The smallest absolute Gasteiger partial charge is 0.127 e. The van der Waals surface area contributed by atoms with Crippen molar-refractivity contribution in [2.45, 2.75) is 40.5 Å². The summed E-state index contributed by atoms with van der Waals surface area (Å²) in [6, 6.07) is 0. The van der Waals surface area contributed by atoms with Crippen LogP contribution < -0.4 is 0 Å². The summed E-state index contributed by atoms with van der Waals surface area (Å²) >= 11 is 0. The number of hydrogen-bond acceptors (Lipinski definition) is 3. The van der Waals surface area contributed by atoms with Crippen LogP contribution in [-0.4, -0.2) is 44.5 Å². The molecule has 0 fully saturated rings. The molecule has 0 heterocycles. The van der Waals surface area contributed by atoms with Crippen LogP contribution in [0.2, 0.25) is 0 Å². The molecule has 0 aliphatic heterocycles. The summed E-state index contributed by atoms with van der Waals surface area (Å²) in [6.07, 6.45) is 2.97. The minimum Gasteiger partial charge on any atom is -0.383 e. The summed E-state index contributed by atoms with van der Waals surface area (Å²) in [5, 5.41) is 0. The molecule has 0 spiro atoms. The van der Waals surface area contributed by atoms with Gasteiger partial charge in [-0.05, 0) is 18.8 Å². The molecule has 0 N–H and O–H groups in total. The Morgan fingerprint density at radius 3 is 2.24 bits per heavy atom. The largest absolute Gasteiger partial charge is 0.383 e. The van der Waals surface area contributed by atoms with Gasteiger partial charge in [0.25, 0.3) is 0 Å². The third-order valence-corrected chi connectivity index (χ3v) is 3.43. The standard InChI is InChI=1S/C14H29NO2/c1-6-14(7-2,12-16)11-15(8-9-17-5)10-13(3)4/h12-13H,6-11H2,1-5H3. The quantitative estimate of drug-likeness (QED) is 0.552. The fourth-order valence-electron chi connectivity index (χ4n) is 2.09. The van der Waals surface area contributed by atoms with Gasteiger partial charge >= 0.3 is 0 Å². The maximum atomic E-state index is 11.3. The maximum Gasteiger partial charge on any atom is 0.127 e. The first kappa shape index (κ1) is 16.6. The molecule has 0 aromatic carbocycles. The van der Waals surface area contributed by atoms with Gasteiger partial charge in [0.15, 0.2) is 0 Å². The number of carbonyl (C=O) groups is 1. The van der Waals surface area contributed by atoms with Crippen LogP contribution in [0.4, 0.5) is 0 Å². The lowest BCUT2D eigenvalue weighted by Gasteiger charge is -2.33. The second kappa shape index (κ2) is 8.65. The van der Waals surface area contributed by atoms with Gasteiger partial charge in [0.2, 0.25) is 0 Å². The monoisotopic (exact) mass is 243 g/mol. The lowest BCUT2D eigenvalue weighted by Crippen LogP contribution is -2.41. The van der Waals surface area contributed by atoms with E-state index in [1.807, 2.05) is 0 Å². The first-order valence-corrected chi connectivity index (χ1v) is 6.71. The van der Waals surface area contributed by atoms with Gasteiger partial charge in [0, 0.05) is 32.2 Å². The Morgan fingerprint density at radius 1 is 1.29 bits per heavy atom. The fourth-order valence-corrected chi connectivity index (χ4v) is 2.09. The lowest BCUT2D eigenvalue weighted by atomic mass is 9.83. The summed E-state index contributed by atoms with van der Waals surface area (Å²) in [7, 11) is 1.72. The van der Waals surface area contributed by atoms with Crippen LogP contribution >= 0.6 is 0 Å². The highest BCUT2D eigenvalue weighted by Gasteiger charge is 2.28. The normalized spacial score (nSPS) is 12.4. The molecule has 0 radical (unpaired) electrons. The molecular formula is C14H29NO2. The highest BCUT2D eigenvalue weighted by Crippen LogP contribution is 2.25. The summed E-state index contributed by atoms with van der Waals surface area (Å²) in [5.74, 6) is 0.616. The van der Waals surface area contributed by atoms with E-state index >= 15 is 0 Å². The first-order chi connectivity index (χ1) is 8.03. The van der Waals surface area contributed by atoms with Crippen molar-refractivity contribution in [3.63, 3.8) is 0 Å². The van der Waals surface area contributed by atoms with Gasteiger partial charge in [-0.2, -0.15) is 0 Å². The van der Waals surface area contributed by atoms with E-state index in [1.165, 1.54) is 0 Å². The molecule has 0 aliphatic carbocycles. The van der Waals surface area contributed by atoms with Crippen LogP contribution in [-0.2, 0) is 9.53 Å². The Hall–Kier alpha value is -0.410. The Balaban J connectivity index is 4.51. The third kappa shape index (κ3) is 6.18. The van der Waals surface area contributed by atoms with Crippen LogP contribution in [0.15, 0.2) is 0 Å². The molecule has 0 atom stereocenters. The SMILES string of the molecule is CCC(C=O)(CC)CN(CCOC)CC(C)C. The fraction of sp³-hybridized carbons (Fsp3) is 0.929. The van der Waals surface area contributed by atoms with Gasteiger partial charge in [-0.1, -0.05) is 27.7 Å². The predicted molar refractivity (Wildman–Crippen MR) is 72.2 cm³/mol. The second-order valence-electron chi connectivity index (χ2n) is 5.31. The van der Waals surface area contributed by atoms with Crippen LogP contribution in [0.3, 0.4) is 0 Å². The number of hydrogen-bond donors (Lipinski definition) is 0. The number of ether oxygens (including phenoxy) is 1. The molecule has 17 heavy (non-hydrogen) atoms. The average molecular weight is 243 g/mol. The third-order valence-electron chi connectivity index (χ3n) is 3.43. The van der Waals surface area contributed by atoms with Crippen LogP contribution in [0.5, 0.6) is 0 Å². The summed E-state index contributed by atoms with van der Waals surface area (Å²) in [5.41, 5.74) is -0.178. The minimum absolute atomic E-state index is 0.178. The Kier molecular flexibility index (Phi) is 8.44. The van der Waals surface area contributed by atoms with Crippen molar-refractivity contribution in [1.82, 2.24) is 4.90 Å². The number of carbonyl (C=O) groups excluding carboxylic acids is 1. The Bertz CT molecular complexity index is 200. The van der Waals surface area contributed by atoms with Gasteiger partial charge in [-0.25, -0.2) is 0 Å². The highest BCUT2D eigenvalue weighted by atomic mass is 16.5. The van der Waals surface area contributed by atoms with E-state index in [-0.39, 0.29) is 5.41 Å². The lowest BCUT2D eigenvalue weighted by molar-refractivity contribution is -0.118. The van der Waals surface area contributed by atoms with Crippen molar-refractivity contribution in [3.8, 4) is 0 Å². The van der Waals surface area contributed by atoms with Crippen LogP contribution in [0.25, 0.3) is 0 Å². The summed E-state index contributed by atoms with van der Waals surface area (Å²) in [6.45, 7) is 12.1. The topological polar surface area (TPSA) is 29.5 Å². The zero-order chi connectivity index (χ0) is 13.3. The molecule has 3 nitrogen and oxygen atoms in total. The molecule has 0 amide bonds. The van der Waals surface area contributed by atoms with Gasteiger partial charge in [-0.3, -0.25) is 4.90 Å². The van der Waals surface area contributed by atoms with Gasteiger partial charge in [0.05, 0.1) is 6.61 Å². The Labute approximate surface area is 107 Å². The molecule has 0 bridgehead atoms. The number of rotatable bonds is 10. The Morgan fingerprint density at radius 2 is 1.88 bits per heavy atom. The van der Waals surface area contributed by atoms with E-state index < -0.39 is 0 Å². The molecule has 0 saturated carbocycles. The van der Waals surface area contributed by atoms with Crippen molar-refractivity contribution in [2.24, 2.45) is 11.3 Å². The summed E-state index contributed by atoms with van der Waals surface area (Å²) in [4.78, 5) is 13.7. The number of methoxy groups -OCH3 is 1. The number of nitrogens with zero attached hydrogens (tertiary/aromatic N) is 1. The molecule has 0 saturated heterocycles. The van der Waals surface area contributed by atoms with Gasteiger partial charge in [0.1, 0.15) is 6.29 Å². The zero-order valence-electron chi connectivity index (χ0n) is 12.2. The predicted octanol–water partition coefficient (Wildman–Crippen LogP) is 2.60. The van der Waals surface area contributed by atoms with Gasteiger partial charge in [-0.15, -0.1) is 0 Å². The second-order valence-corrected chi connectivity index (χ2v) is 5.31. The van der Waals surface area contributed by atoms with Crippen LogP contribution in [0.1, 0.15) is 40.5 Å². The van der Waals surface area contributed by atoms with Crippen molar-refractivity contribution in [1.29, 1.82) is 0 Å². The maximum absolute atomic E-state index is 11.3. The van der Waals surface area contributed by atoms with E-state index in [0.717, 1.165) is 45.4 Å². The van der Waals surface area contributed by atoms with Crippen LogP contribution in [0, 0.1) is 11.3 Å². The van der Waals surface area contributed by atoms with E-state index in [9.17, 15) is 4.79 Å². The summed E-state index contributed by atoms with van der Waals surface area (Å²) < 4.78 is 5.14. The average Bonchev–Trinajstić information content (AvgIpc) is 2.32. The van der Waals surface area contributed by atoms with E-state index in [0.29, 0.717) is 5.92 Å². The first-order valence-electron chi connectivity index (χ1n) is 6.71. The number of aldehydes is 1. The van der Waals surface area contributed by atoms with Gasteiger partial charge < -0.3 is 9.53 Å². The molecule has 0 aromatic rings. The molecule has 3 heteroatoms. The minimum atomic E-state index is -0.178. The highest BCUT2D eigenvalue weighted by molar-refractivity contribution is 5.59. The molecule has 0 unspecified atom stereocenters. The van der Waals surface area contributed by atoms with Crippen molar-refractivity contribution in [2.75, 3.05) is 33.4 Å². The molecule has 0 aliphatic rings. The molecule has 0 aromatic heterocycles. The van der Waals surface area contributed by atoms with Crippen molar-refractivity contribution >= 4 is 6.29 Å². The van der Waals surface area contributed by atoms with Crippen molar-refractivity contribution < 1.29 is 9.53 Å². The van der Waals surface area contributed by atoms with E-state index in [4.69, 9.17) is 4.74 Å². The van der Waals surface area contributed by atoms with E-state index in [2.05, 4.69) is 32.6 Å². The van der Waals surface area contributed by atoms with Crippen molar-refractivity contribution in [3.05, 3.63) is 0 Å². The molecule has 102 valence electrons. The molecule has 0 rings (SSSR count). The molecular weight excluding hydrogens is 214 g/mol. The van der Waals surface area contributed by atoms with E-state index in [1.54, 1.807) is 7.11 Å². The zero-order valence-corrected chi connectivity index (χ0v) is 12.2.